The Morgan fingerprint density at radius 1 is 1.06 bits per heavy atom. The van der Waals surface area contributed by atoms with Crippen LogP contribution < -0.4 is 11.1 Å². The maximum absolute atomic E-state index is 5.59. The molecule has 1 aromatic heterocycles. The summed E-state index contributed by atoms with van der Waals surface area (Å²) in [4.78, 5) is 4.71. The summed E-state index contributed by atoms with van der Waals surface area (Å²) in [5.41, 5.74) is 7.21. The summed E-state index contributed by atoms with van der Waals surface area (Å²) in [6.45, 7) is 0. The first kappa shape index (κ1) is 10.6. The zero-order chi connectivity index (χ0) is 11.4. The fourth-order valence-electron chi connectivity index (χ4n) is 1.29. The highest BCUT2D eigenvalue weighted by Gasteiger charge is 2.02. The number of nitrogens with two attached hydrogens (primary N) is 1. The molecule has 1 aromatic carbocycles. The van der Waals surface area contributed by atoms with Crippen LogP contribution in [0.2, 0.25) is 0 Å². The van der Waals surface area contributed by atoms with Crippen LogP contribution in [0.1, 0.15) is 5.69 Å². The summed E-state index contributed by atoms with van der Waals surface area (Å²) in [5.74, 6) is 0.467. The SMILES string of the molecule is Nc1cccc(C(=S)Nc2ccccc2)n1. The van der Waals surface area contributed by atoms with Gasteiger partial charge in [0.25, 0.3) is 0 Å². The van der Waals surface area contributed by atoms with Crippen LogP contribution in [0, 0.1) is 0 Å². The molecule has 16 heavy (non-hydrogen) atoms. The molecule has 0 amide bonds. The van der Waals surface area contributed by atoms with Gasteiger partial charge >= 0.3 is 0 Å². The van der Waals surface area contributed by atoms with E-state index in [1.165, 1.54) is 0 Å². The molecule has 0 aliphatic rings. The Morgan fingerprint density at radius 3 is 2.50 bits per heavy atom. The Balaban J connectivity index is 2.15. The molecule has 0 radical (unpaired) electrons. The van der Waals surface area contributed by atoms with Crippen LogP contribution in [0.3, 0.4) is 0 Å². The van der Waals surface area contributed by atoms with E-state index in [9.17, 15) is 0 Å². The number of pyridine rings is 1. The van der Waals surface area contributed by atoms with Gasteiger partial charge in [-0.15, -0.1) is 0 Å². The minimum Gasteiger partial charge on any atom is -0.384 e. The molecule has 0 fully saturated rings. The molecular formula is C12H11N3S. The summed E-state index contributed by atoms with van der Waals surface area (Å²) in [6, 6.07) is 15.1. The lowest BCUT2D eigenvalue weighted by atomic mass is 10.3. The third kappa shape index (κ3) is 2.55. The Labute approximate surface area is 99.3 Å². The maximum Gasteiger partial charge on any atom is 0.129 e. The maximum atomic E-state index is 5.59. The molecule has 0 saturated carbocycles. The number of rotatable bonds is 2. The highest BCUT2D eigenvalue weighted by Crippen LogP contribution is 2.09. The van der Waals surface area contributed by atoms with E-state index in [1.807, 2.05) is 42.5 Å². The van der Waals surface area contributed by atoms with Gasteiger partial charge in [0.2, 0.25) is 0 Å². The Morgan fingerprint density at radius 2 is 1.81 bits per heavy atom. The highest BCUT2D eigenvalue weighted by molar-refractivity contribution is 7.81. The largest absolute Gasteiger partial charge is 0.384 e. The monoisotopic (exact) mass is 229 g/mol. The summed E-state index contributed by atoms with van der Waals surface area (Å²) < 4.78 is 0. The molecule has 0 aliphatic heterocycles. The lowest BCUT2D eigenvalue weighted by Crippen LogP contribution is -2.12. The van der Waals surface area contributed by atoms with Crippen molar-refractivity contribution >= 4 is 28.7 Å². The Bertz CT molecular complexity index is 497. The van der Waals surface area contributed by atoms with Crippen molar-refractivity contribution in [1.29, 1.82) is 0 Å². The van der Waals surface area contributed by atoms with Gasteiger partial charge in [0, 0.05) is 5.69 Å². The van der Waals surface area contributed by atoms with Crippen LogP contribution in [0.5, 0.6) is 0 Å². The molecule has 2 aromatic rings. The zero-order valence-electron chi connectivity index (χ0n) is 8.55. The lowest BCUT2D eigenvalue weighted by Gasteiger charge is -2.07. The highest BCUT2D eigenvalue weighted by atomic mass is 32.1. The van der Waals surface area contributed by atoms with E-state index < -0.39 is 0 Å². The van der Waals surface area contributed by atoms with E-state index in [0.717, 1.165) is 5.69 Å². The molecule has 3 nitrogen and oxygen atoms in total. The number of nitrogens with zero attached hydrogens (tertiary/aromatic N) is 1. The van der Waals surface area contributed by atoms with Crippen LogP contribution >= 0.6 is 12.2 Å². The molecule has 4 heteroatoms. The molecule has 80 valence electrons. The average Bonchev–Trinajstić information content (AvgIpc) is 2.30. The van der Waals surface area contributed by atoms with Gasteiger partial charge in [0.15, 0.2) is 0 Å². The number of thiocarbonyl (C=S) groups is 1. The summed E-state index contributed by atoms with van der Waals surface area (Å²) in [7, 11) is 0. The Hall–Kier alpha value is -1.94. The number of benzene rings is 1. The number of nitrogen functional groups attached to an aromatic ring is 1. The van der Waals surface area contributed by atoms with Crippen molar-refractivity contribution in [2.24, 2.45) is 0 Å². The quantitative estimate of drug-likeness (QED) is 0.777. The van der Waals surface area contributed by atoms with Gasteiger partial charge in [0.05, 0.1) is 0 Å². The second-order valence-electron chi connectivity index (χ2n) is 3.27. The fraction of sp³-hybridized carbons (Fsp3) is 0. The van der Waals surface area contributed by atoms with Crippen molar-refractivity contribution in [3.05, 3.63) is 54.2 Å². The first-order valence-electron chi connectivity index (χ1n) is 4.84. The minimum absolute atomic E-state index is 0.467. The lowest BCUT2D eigenvalue weighted by molar-refractivity contribution is 1.31. The van der Waals surface area contributed by atoms with Crippen molar-refractivity contribution in [3.8, 4) is 0 Å². The van der Waals surface area contributed by atoms with Gasteiger partial charge in [-0.3, -0.25) is 0 Å². The first-order chi connectivity index (χ1) is 7.75. The van der Waals surface area contributed by atoms with Crippen LogP contribution in [0.4, 0.5) is 11.5 Å². The van der Waals surface area contributed by atoms with Crippen molar-refractivity contribution < 1.29 is 0 Å². The molecule has 0 unspecified atom stereocenters. The van der Waals surface area contributed by atoms with E-state index in [1.54, 1.807) is 6.07 Å². The van der Waals surface area contributed by atoms with E-state index in [-0.39, 0.29) is 0 Å². The number of anilines is 2. The summed E-state index contributed by atoms with van der Waals surface area (Å²) in [6.07, 6.45) is 0. The van der Waals surface area contributed by atoms with E-state index in [0.29, 0.717) is 16.5 Å². The topological polar surface area (TPSA) is 50.9 Å². The Kier molecular flexibility index (Phi) is 3.12. The van der Waals surface area contributed by atoms with E-state index in [2.05, 4.69) is 10.3 Å². The number of para-hydroxylation sites is 1. The summed E-state index contributed by atoms with van der Waals surface area (Å²) in [5, 5.41) is 3.10. The molecule has 2 rings (SSSR count). The zero-order valence-corrected chi connectivity index (χ0v) is 9.37. The third-order valence-electron chi connectivity index (χ3n) is 2.03. The van der Waals surface area contributed by atoms with Crippen LogP contribution in [-0.4, -0.2) is 9.97 Å². The summed E-state index contributed by atoms with van der Waals surface area (Å²) >= 11 is 5.23. The van der Waals surface area contributed by atoms with Crippen molar-refractivity contribution in [2.45, 2.75) is 0 Å². The first-order valence-corrected chi connectivity index (χ1v) is 5.25. The van der Waals surface area contributed by atoms with Gasteiger partial charge < -0.3 is 11.1 Å². The van der Waals surface area contributed by atoms with Crippen molar-refractivity contribution in [3.63, 3.8) is 0 Å². The molecular weight excluding hydrogens is 218 g/mol. The second kappa shape index (κ2) is 4.72. The van der Waals surface area contributed by atoms with Crippen molar-refractivity contribution in [1.82, 2.24) is 4.98 Å². The van der Waals surface area contributed by atoms with Crippen LogP contribution in [-0.2, 0) is 0 Å². The smallest absolute Gasteiger partial charge is 0.129 e. The van der Waals surface area contributed by atoms with Gasteiger partial charge in [-0.05, 0) is 24.3 Å². The van der Waals surface area contributed by atoms with Crippen LogP contribution in [0.25, 0.3) is 0 Å². The molecule has 1 heterocycles. The molecule has 0 aliphatic carbocycles. The van der Waals surface area contributed by atoms with Crippen LogP contribution in [0.15, 0.2) is 48.5 Å². The number of aromatic nitrogens is 1. The second-order valence-corrected chi connectivity index (χ2v) is 3.68. The standard InChI is InChI=1S/C12H11N3S/c13-11-8-4-7-10(15-11)12(16)14-9-5-2-1-3-6-9/h1-8H,(H2,13,15)(H,14,16). The molecule has 0 saturated heterocycles. The number of hydrogen-bond donors (Lipinski definition) is 2. The third-order valence-corrected chi connectivity index (χ3v) is 2.35. The fourth-order valence-corrected chi connectivity index (χ4v) is 1.53. The predicted octanol–water partition coefficient (Wildman–Crippen LogP) is 2.45. The van der Waals surface area contributed by atoms with Gasteiger partial charge in [-0.25, -0.2) is 4.98 Å². The van der Waals surface area contributed by atoms with E-state index in [4.69, 9.17) is 18.0 Å². The minimum atomic E-state index is 0.467. The molecule has 0 spiro atoms. The number of nitrogens with one attached hydrogen (secondary N) is 1. The predicted molar refractivity (Wildman–Crippen MR) is 70.4 cm³/mol. The number of hydrogen-bond acceptors (Lipinski definition) is 3. The molecule has 3 N–H and O–H groups in total. The van der Waals surface area contributed by atoms with Gasteiger partial charge in [-0.1, -0.05) is 36.5 Å². The normalized spacial score (nSPS) is 9.75. The van der Waals surface area contributed by atoms with Gasteiger partial charge in [-0.2, -0.15) is 0 Å². The van der Waals surface area contributed by atoms with Crippen molar-refractivity contribution in [2.75, 3.05) is 11.1 Å². The molecule has 0 bridgehead atoms. The van der Waals surface area contributed by atoms with Gasteiger partial charge in [0.1, 0.15) is 16.5 Å². The molecule has 0 atom stereocenters. The average molecular weight is 229 g/mol. The van der Waals surface area contributed by atoms with E-state index >= 15 is 0 Å².